The molecule has 0 atom stereocenters. The van der Waals surface area contributed by atoms with Gasteiger partial charge in [0.05, 0.1) is 0 Å². The molecule has 0 nitrogen and oxygen atoms in total. The summed E-state index contributed by atoms with van der Waals surface area (Å²) in [6.45, 7) is 8.15. The van der Waals surface area contributed by atoms with Crippen molar-refractivity contribution < 1.29 is 93.6 Å². The van der Waals surface area contributed by atoms with Gasteiger partial charge in [-0.15, -0.1) is 13.2 Å². The molecular formula is C16H17F21I2. The summed E-state index contributed by atoms with van der Waals surface area (Å²) in [6, 6.07) is 0. The number of hydrogen-bond acceptors (Lipinski definition) is 0. The third-order valence-electron chi connectivity index (χ3n) is 3.16. The summed E-state index contributed by atoms with van der Waals surface area (Å²) in [6.07, 6.45) is -38.1. The van der Waals surface area contributed by atoms with Crippen LogP contribution in [0.3, 0.4) is 0 Å². The molecule has 0 amide bonds. The zero-order chi connectivity index (χ0) is 32.6. The Balaban J connectivity index is -0.000000103. The van der Waals surface area contributed by atoms with Crippen LogP contribution in [0.2, 0.25) is 0 Å². The monoisotopic (exact) mass is 863 g/mol. The minimum absolute atomic E-state index is 0. The van der Waals surface area contributed by atoms with Gasteiger partial charge >= 0.3 is 46.4 Å². The van der Waals surface area contributed by atoms with Crippen LogP contribution in [0.4, 0.5) is 92.2 Å². The molecule has 0 radical (unpaired) electrons. The quantitative estimate of drug-likeness (QED) is 0.115. The Kier molecular flexibility index (Phi) is 19.3. The van der Waals surface area contributed by atoms with Gasteiger partial charge in [-0.25, -0.2) is 13.2 Å². The van der Waals surface area contributed by atoms with Crippen LogP contribution < -0.4 is 0 Å². The molecule has 0 bridgehead atoms. The molecule has 0 aromatic carbocycles. The molecule has 0 fully saturated rings. The zero-order valence-electron chi connectivity index (χ0n) is 17.3. The first kappa shape index (κ1) is 48.2. The molecule has 0 rings (SSSR count). The van der Waals surface area contributed by atoms with E-state index in [1.165, 1.54) is 22.6 Å². The number of alkyl halides is 23. The van der Waals surface area contributed by atoms with Crippen LogP contribution in [0.15, 0.2) is 25.8 Å². The van der Waals surface area contributed by atoms with Crippen molar-refractivity contribution in [1.82, 2.24) is 0 Å². The number of halogens is 23. The van der Waals surface area contributed by atoms with E-state index in [0.29, 0.717) is 0 Å². The molecule has 23 heteroatoms. The Morgan fingerprint density at radius 2 is 0.744 bits per heavy atom. The van der Waals surface area contributed by atoms with E-state index in [-0.39, 0.29) is 31.4 Å². The molecule has 0 heterocycles. The van der Waals surface area contributed by atoms with Crippen LogP contribution in [-0.4, -0.2) is 56.5 Å². The molecule has 0 aliphatic rings. The van der Waals surface area contributed by atoms with Crippen molar-refractivity contribution in [2.75, 3.05) is 4.43 Å². The average Bonchev–Trinajstić information content (AvgIpc) is 2.64. The minimum atomic E-state index is -6.02. The fraction of sp³-hybridized carbons (Fsp3) is 0.750. The Morgan fingerprint density at radius 1 is 0.513 bits per heavy atom. The van der Waals surface area contributed by atoms with E-state index >= 15 is 0 Å². The van der Waals surface area contributed by atoms with E-state index in [2.05, 4.69) is 19.7 Å². The van der Waals surface area contributed by atoms with Gasteiger partial charge < -0.3 is 0 Å². The van der Waals surface area contributed by atoms with Gasteiger partial charge in [-0.05, 0) is 28.7 Å². The maximum absolute atomic E-state index is 12.6. The van der Waals surface area contributed by atoms with E-state index in [1.54, 1.807) is 0 Å². The van der Waals surface area contributed by atoms with Gasteiger partial charge in [0.15, 0.2) is 0 Å². The standard InChI is InChI=1S/C5H4F7I.C5H3F7.C3F7I.C2H4.CH4.H2/c6-3(1-2-13,4(7,8)9)5(10,11)12;1-2-3(6,4(7,8)9)5(10,11)12;4-1(11,2(5,6)7)3(8,9)10;1-2;;/h1-2H2;2H,1H2;;1-2H2;1H4;1H/i;;;;;1+1. The molecule has 0 saturated heterocycles. The number of allylic oxidation sites excluding steroid dienone is 1. The minimum Gasteiger partial charge on any atom is -0.224 e. The molecule has 0 saturated carbocycles. The van der Waals surface area contributed by atoms with Crippen molar-refractivity contribution in [1.29, 1.82) is 0 Å². The highest BCUT2D eigenvalue weighted by molar-refractivity contribution is 14.1. The van der Waals surface area contributed by atoms with E-state index in [0.717, 1.165) is 0 Å². The van der Waals surface area contributed by atoms with Crippen LogP contribution in [-0.2, 0) is 0 Å². The first-order valence-electron chi connectivity index (χ1n) is 7.98. The third-order valence-corrected chi connectivity index (χ3v) is 4.92. The fourth-order valence-corrected chi connectivity index (χ4v) is 1.87. The Hall–Kier alpha value is -0.530. The van der Waals surface area contributed by atoms with Crippen molar-refractivity contribution in [3.63, 3.8) is 0 Å². The Morgan fingerprint density at radius 3 is 0.769 bits per heavy atom. The van der Waals surface area contributed by atoms with Gasteiger partial charge in [-0.2, -0.15) is 79.0 Å². The normalized spacial score (nSPS) is 13.8. The lowest BCUT2D eigenvalue weighted by molar-refractivity contribution is -0.341. The van der Waals surface area contributed by atoms with Gasteiger partial charge in [0.25, 0.3) is 5.67 Å². The van der Waals surface area contributed by atoms with Crippen molar-refractivity contribution in [2.24, 2.45) is 0 Å². The van der Waals surface area contributed by atoms with E-state index in [9.17, 15) is 92.2 Å². The summed E-state index contributed by atoms with van der Waals surface area (Å²) in [5.41, 5.74) is -10.4. The number of rotatable bonds is 3. The third kappa shape index (κ3) is 12.9. The van der Waals surface area contributed by atoms with Crippen molar-refractivity contribution in [3.8, 4) is 0 Å². The predicted octanol–water partition coefficient (Wildman–Crippen LogP) is 11.5. The highest BCUT2D eigenvalue weighted by Crippen LogP contribution is 2.51. The van der Waals surface area contributed by atoms with Crippen molar-refractivity contribution in [2.45, 2.75) is 65.9 Å². The zero-order valence-corrected chi connectivity index (χ0v) is 21.6. The second kappa shape index (κ2) is 15.6. The second-order valence-electron chi connectivity index (χ2n) is 5.72. The molecule has 0 aliphatic heterocycles. The first-order valence-corrected chi connectivity index (χ1v) is 10.6. The van der Waals surface area contributed by atoms with Gasteiger partial charge in [0.1, 0.15) is 0 Å². The van der Waals surface area contributed by atoms with E-state index in [1.807, 2.05) is 0 Å². The smallest absolute Gasteiger partial charge is 0.224 e. The lowest BCUT2D eigenvalue weighted by Crippen LogP contribution is -2.53. The van der Waals surface area contributed by atoms with Gasteiger partial charge in [0.2, 0.25) is 0 Å². The van der Waals surface area contributed by atoms with Crippen molar-refractivity contribution in [3.05, 3.63) is 25.8 Å². The van der Waals surface area contributed by atoms with Crippen LogP contribution in [0, 0.1) is 0 Å². The fourth-order valence-electron chi connectivity index (χ4n) is 1.13. The summed E-state index contributed by atoms with van der Waals surface area (Å²) >= 11 is 0.925. The highest BCUT2D eigenvalue weighted by atomic mass is 127. The summed E-state index contributed by atoms with van der Waals surface area (Å²) in [4.78, 5) is 0. The summed E-state index contributed by atoms with van der Waals surface area (Å²) in [7, 11) is 0. The molecule has 0 spiro atoms. The topological polar surface area (TPSA) is 0 Å². The summed E-state index contributed by atoms with van der Waals surface area (Å²) < 4.78 is 237. The highest BCUT2D eigenvalue weighted by Gasteiger charge is 2.73. The molecule has 0 aromatic rings. The first-order chi connectivity index (χ1) is 16.1. The van der Waals surface area contributed by atoms with E-state index < -0.39 is 69.0 Å². The van der Waals surface area contributed by atoms with Crippen LogP contribution in [0.25, 0.3) is 0 Å². The molecule has 0 aromatic heterocycles. The molecular weight excluding hydrogens is 845 g/mol. The largest absolute Gasteiger partial charge is 0.441 e. The molecule has 0 aliphatic carbocycles. The Bertz CT molecular complexity index is 652. The van der Waals surface area contributed by atoms with Gasteiger partial charge in [-0.1, -0.05) is 36.6 Å². The molecule has 0 unspecified atom stereocenters. The lowest BCUT2D eigenvalue weighted by Gasteiger charge is -2.29. The predicted molar refractivity (Wildman–Crippen MR) is 116 cm³/mol. The Labute approximate surface area is 234 Å². The van der Waals surface area contributed by atoms with E-state index in [4.69, 9.17) is 0 Å². The maximum atomic E-state index is 12.6. The number of hydrogen-bond donors (Lipinski definition) is 0. The second-order valence-corrected chi connectivity index (χ2v) is 8.28. The summed E-state index contributed by atoms with van der Waals surface area (Å²) in [5.74, 6) is 0. The molecule has 39 heavy (non-hydrogen) atoms. The molecule has 242 valence electrons. The SMILES string of the molecule is C.C=C.C=CC(F)(C(F)(F)F)C(F)(F)F.FC(F)(F)C(F)(CCI)C(F)(F)F.FC(F)(F)C(F)(I)C(F)(F)F.[2HH]. The average molecular weight is 863 g/mol. The van der Waals surface area contributed by atoms with Crippen molar-refractivity contribution >= 4 is 45.2 Å². The maximum Gasteiger partial charge on any atom is 0.441 e. The van der Waals surface area contributed by atoms with Crippen LogP contribution >= 0.6 is 45.2 Å². The van der Waals surface area contributed by atoms with Crippen LogP contribution in [0.1, 0.15) is 15.3 Å². The molecule has 0 N–H and O–H groups in total. The van der Waals surface area contributed by atoms with Gasteiger partial charge in [0, 0.05) is 12.3 Å². The van der Waals surface area contributed by atoms with Gasteiger partial charge in [-0.3, -0.25) is 0 Å². The summed E-state index contributed by atoms with van der Waals surface area (Å²) in [5, 5.41) is 0. The van der Waals surface area contributed by atoms with Crippen LogP contribution in [0.5, 0.6) is 0 Å². The lowest BCUT2D eigenvalue weighted by atomic mass is 10.0.